The number of benzene rings is 2. The van der Waals surface area contributed by atoms with Crippen molar-refractivity contribution in [1.82, 2.24) is 0 Å². The van der Waals surface area contributed by atoms with Crippen molar-refractivity contribution in [3.63, 3.8) is 0 Å². The van der Waals surface area contributed by atoms with E-state index in [0.29, 0.717) is 24.5 Å². The lowest BCUT2D eigenvalue weighted by atomic mass is 9.90. The summed E-state index contributed by atoms with van der Waals surface area (Å²) in [7, 11) is 1.15. The molecule has 2 aromatic carbocycles. The number of alkyl halides is 2. The second-order valence-corrected chi connectivity index (χ2v) is 8.48. The highest BCUT2D eigenvalue weighted by molar-refractivity contribution is 5.35. The van der Waals surface area contributed by atoms with Crippen LogP contribution in [-0.4, -0.2) is 26.2 Å². The Kier molecular flexibility index (Phi) is 8.57. The number of methoxy groups -OCH3 is 1. The first-order chi connectivity index (χ1) is 15.7. The maximum atomic E-state index is 14.7. The van der Waals surface area contributed by atoms with Gasteiger partial charge in [-0.05, 0) is 48.9 Å². The van der Waals surface area contributed by atoms with Crippen LogP contribution in [0.5, 0.6) is 11.5 Å². The number of unbranched alkanes of at least 4 members (excludes halogenated alkanes) is 1. The second-order valence-electron chi connectivity index (χ2n) is 8.48. The van der Waals surface area contributed by atoms with E-state index in [9.17, 15) is 22.0 Å². The van der Waals surface area contributed by atoms with E-state index in [1.54, 1.807) is 0 Å². The Bertz CT molecular complexity index is 926. The van der Waals surface area contributed by atoms with Crippen LogP contribution in [0.3, 0.4) is 0 Å². The van der Waals surface area contributed by atoms with Gasteiger partial charge < -0.3 is 14.2 Å². The van der Waals surface area contributed by atoms with Crippen molar-refractivity contribution >= 4 is 0 Å². The van der Waals surface area contributed by atoms with E-state index < -0.39 is 42.2 Å². The monoisotopic (exact) mass is 472 g/mol. The Morgan fingerprint density at radius 2 is 1.76 bits per heavy atom. The zero-order chi connectivity index (χ0) is 24.0. The number of hydrogen-bond acceptors (Lipinski definition) is 3. The fraction of sp³-hybridized carbons (Fsp3) is 0.520. The summed E-state index contributed by atoms with van der Waals surface area (Å²) in [6.07, 6.45) is 3.80. The maximum absolute atomic E-state index is 14.7. The van der Waals surface area contributed by atoms with Crippen molar-refractivity contribution in [2.45, 2.75) is 57.5 Å². The Hall–Kier alpha value is -2.35. The van der Waals surface area contributed by atoms with Crippen molar-refractivity contribution in [3.8, 4) is 11.5 Å². The van der Waals surface area contributed by atoms with Crippen LogP contribution in [0.4, 0.5) is 22.0 Å². The van der Waals surface area contributed by atoms with Crippen LogP contribution in [0.1, 0.15) is 56.3 Å². The zero-order valence-electron chi connectivity index (χ0n) is 18.8. The Morgan fingerprint density at radius 3 is 2.39 bits per heavy atom. The minimum Gasteiger partial charge on any atom is -0.494 e. The standard InChI is InChI=1S/C25H29F5O3/c1-3-4-5-16-7-9-20(32-14-16)18-8-6-17(12-19(18)26)13-25(29,30)15-33-22-11-10-21(31-2)23(27)24(22)28/h6,8,10-12,16,20H,3-5,7,9,13-15H2,1-2H3. The van der Waals surface area contributed by atoms with Crippen molar-refractivity contribution in [1.29, 1.82) is 0 Å². The molecule has 0 amide bonds. The second kappa shape index (κ2) is 11.2. The number of halogens is 5. The van der Waals surface area contributed by atoms with E-state index in [2.05, 4.69) is 11.7 Å². The summed E-state index contributed by atoms with van der Waals surface area (Å²) in [6, 6.07) is 6.09. The maximum Gasteiger partial charge on any atom is 0.285 e. The molecule has 0 radical (unpaired) electrons. The fourth-order valence-corrected chi connectivity index (χ4v) is 4.03. The quantitative estimate of drug-likeness (QED) is 0.348. The minimum absolute atomic E-state index is 0.0721. The molecular weight excluding hydrogens is 443 g/mol. The molecule has 1 aliphatic rings. The van der Waals surface area contributed by atoms with Gasteiger partial charge in [-0.3, -0.25) is 0 Å². The average molecular weight is 472 g/mol. The third kappa shape index (κ3) is 6.59. The van der Waals surface area contributed by atoms with Crippen molar-refractivity contribution in [2.24, 2.45) is 5.92 Å². The van der Waals surface area contributed by atoms with Crippen LogP contribution >= 0.6 is 0 Å². The highest BCUT2D eigenvalue weighted by Crippen LogP contribution is 2.35. The number of rotatable bonds is 10. The molecule has 2 aromatic rings. The van der Waals surface area contributed by atoms with Gasteiger partial charge in [0.25, 0.3) is 5.92 Å². The molecule has 0 saturated carbocycles. The lowest BCUT2D eigenvalue weighted by Gasteiger charge is -2.29. The summed E-state index contributed by atoms with van der Waals surface area (Å²) in [5.74, 6) is -7.29. The van der Waals surface area contributed by atoms with E-state index in [1.165, 1.54) is 12.1 Å². The van der Waals surface area contributed by atoms with Gasteiger partial charge in [-0.15, -0.1) is 0 Å². The van der Waals surface area contributed by atoms with Crippen LogP contribution in [0.2, 0.25) is 0 Å². The molecule has 3 nitrogen and oxygen atoms in total. The normalized spacial score (nSPS) is 18.9. The highest BCUT2D eigenvalue weighted by atomic mass is 19.3. The SMILES string of the molecule is CCCCC1CCC(c2ccc(CC(F)(F)COc3ccc(OC)c(F)c3F)cc2F)OC1. The molecule has 2 atom stereocenters. The smallest absolute Gasteiger partial charge is 0.285 e. The average Bonchev–Trinajstić information content (AvgIpc) is 2.79. The topological polar surface area (TPSA) is 27.7 Å². The van der Waals surface area contributed by atoms with Gasteiger partial charge in [-0.25, -0.2) is 13.2 Å². The molecule has 0 aromatic heterocycles. The zero-order valence-corrected chi connectivity index (χ0v) is 18.8. The molecule has 182 valence electrons. The van der Waals surface area contributed by atoms with Crippen LogP contribution < -0.4 is 9.47 Å². The molecule has 0 spiro atoms. The van der Waals surface area contributed by atoms with E-state index in [0.717, 1.165) is 51.0 Å². The van der Waals surface area contributed by atoms with Gasteiger partial charge in [-0.2, -0.15) is 8.78 Å². The van der Waals surface area contributed by atoms with Crippen LogP contribution in [0.25, 0.3) is 0 Å². The number of hydrogen-bond donors (Lipinski definition) is 0. The molecule has 3 rings (SSSR count). The lowest BCUT2D eigenvalue weighted by Crippen LogP contribution is -2.29. The van der Waals surface area contributed by atoms with Gasteiger partial charge in [0.2, 0.25) is 11.6 Å². The molecular formula is C25H29F5O3. The van der Waals surface area contributed by atoms with Crippen LogP contribution in [0, 0.1) is 23.4 Å². The van der Waals surface area contributed by atoms with Gasteiger partial charge >= 0.3 is 0 Å². The lowest BCUT2D eigenvalue weighted by molar-refractivity contribution is -0.0411. The number of ether oxygens (including phenoxy) is 3. The molecule has 0 N–H and O–H groups in total. The Balaban J connectivity index is 1.58. The van der Waals surface area contributed by atoms with Gasteiger partial charge in [-0.1, -0.05) is 31.9 Å². The minimum atomic E-state index is -3.43. The van der Waals surface area contributed by atoms with E-state index in [4.69, 9.17) is 9.47 Å². The molecule has 8 heteroatoms. The van der Waals surface area contributed by atoms with Crippen molar-refractivity contribution in [3.05, 3.63) is 58.9 Å². The largest absolute Gasteiger partial charge is 0.494 e. The van der Waals surface area contributed by atoms with Gasteiger partial charge in [0.1, 0.15) is 5.82 Å². The van der Waals surface area contributed by atoms with Crippen molar-refractivity contribution < 1.29 is 36.2 Å². The first-order valence-corrected chi connectivity index (χ1v) is 11.2. The van der Waals surface area contributed by atoms with Gasteiger partial charge in [0, 0.05) is 12.0 Å². The Morgan fingerprint density at radius 1 is 1.03 bits per heavy atom. The summed E-state index contributed by atoms with van der Waals surface area (Å²) in [4.78, 5) is 0. The summed E-state index contributed by atoms with van der Waals surface area (Å²) in [5, 5.41) is 0. The Labute approximate surface area is 190 Å². The summed E-state index contributed by atoms with van der Waals surface area (Å²) in [5.41, 5.74) is 0.436. The predicted octanol–water partition coefficient (Wildman–Crippen LogP) is 7.03. The molecule has 2 unspecified atom stereocenters. The van der Waals surface area contributed by atoms with Crippen molar-refractivity contribution in [2.75, 3.05) is 20.3 Å². The molecule has 0 aliphatic carbocycles. The summed E-state index contributed by atoms with van der Waals surface area (Å²) in [6.45, 7) is 1.52. The molecule has 0 bridgehead atoms. The first kappa shape index (κ1) is 25.3. The van der Waals surface area contributed by atoms with Crippen LogP contribution in [-0.2, 0) is 11.2 Å². The van der Waals surface area contributed by atoms with E-state index in [1.807, 2.05) is 0 Å². The fourth-order valence-electron chi connectivity index (χ4n) is 4.03. The highest BCUT2D eigenvalue weighted by Gasteiger charge is 2.32. The van der Waals surface area contributed by atoms with Gasteiger partial charge in [0.15, 0.2) is 18.1 Å². The first-order valence-electron chi connectivity index (χ1n) is 11.2. The molecule has 1 heterocycles. The molecule has 33 heavy (non-hydrogen) atoms. The van der Waals surface area contributed by atoms with Crippen LogP contribution in [0.15, 0.2) is 30.3 Å². The molecule has 1 fully saturated rings. The predicted molar refractivity (Wildman–Crippen MR) is 114 cm³/mol. The summed E-state index contributed by atoms with van der Waals surface area (Å²) < 4.78 is 86.4. The van der Waals surface area contributed by atoms with E-state index in [-0.39, 0.29) is 17.4 Å². The molecule has 1 saturated heterocycles. The third-order valence-electron chi connectivity index (χ3n) is 5.88. The summed E-state index contributed by atoms with van der Waals surface area (Å²) >= 11 is 0. The molecule has 1 aliphatic heterocycles. The third-order valence-corrected chi connectivity index (χ3v) is 5.88. The van der Waals surface area contributed by atoms with E-state index >= 15 is 0 Å². The van der Waals surface area contributed by atoms with Gasteiger partial charge in [0.05, 0.1) is 19.8 Å².